The molecule has 7 nitrogen and oxygen atoms in total. The molecule has 0 fully saturated rings. The second kappa shape index (κ2) is 8.79. The van der Waals surface area contributed by atoms with E-state index in [0.717, 1.165) is 22.8 Å². The molecule has 0 saturated heterocycles. The molecule has 2 amide bonds. The number of para-hydroxylation sites is 2. The minimum absolute atomic E-state index is 0.0394. The summed E-state index contributed by atoms with van der Waals surface area (Å²) in [6.07, 6.45) is 0. The van der Waals surface area contributed by atoms with Crippen molar-refractivity contribution in [3.05, 3.63) is 53.1 Å². The van der Waals surface area contributed by atoms with Gasteiger partial charge in [0, 0.05) is 0 Å². The van der Waals surface area contributed by atoms with Gasteiger partial charge in [-0.3, -0.25) is 20.4 Å². The molecule has 0 aliphatic carbocycles. The van der Waals surface area contributed by atoms with Crippen LogP contribution in [-0.4, -0.2) is 29.2 Å². The van der Waals surface area contributed by atoms with Gasteiger partial charge in [-0.15, -0.1) is 0 Å². The number of aromatic nitrogens is 1. The van der Waals surface area contributed by atoms with Crippen molar-refractivity contribution in [1.29, 1.82) is 0 Å². The fourth-order valence-corrected chi connectivity index (χ4v) is 2.93. The maximum atomic E-state index is 11.8. The van der Waals surface area contributed by atoms with Gasteiger partial charge in [0.2, 0.25) is 5.91 Å². The molecule has 3 aromatic rings. The molecule has 0 atom stereocenters. The lowest BCUT2D eigenvalue weighted by Crippen LogP contribution is -2.44. The second-order valence-corrected chi connectivity index (χ2v) is 6.89. The summed E-state index contributed by atoms with van der Waals surface area (Å²) in [4.78, 5) is 27.9. The Morgan fingerprint density at radius 2 is 1.96 bits per heavy atom. The molecule has 1 aromatic heterocycles. The van der Waals surface area contributed by atoms with Crippen LogP contribution in [0.4, 0.5) is 0 Å². The summed E-state index contributed by atoms with van der Waals surface area (Å²) in [7, 11) is 0. The van der Waals surface area contributed by atoms with Gasteiger partial charge >= 0.3 is 0 Å². The number of thioether (sulfide) groups is 1. The first-order valence-electron chi connectivity index (χ1n) is 7.96. The number of ether oxygens (including phenoxy) is 1. The first-order chi connectivity index (χ1) is 13.0. The number of nitrogens with one attached hydrogen (secondary N) is 2. The van der Waals surface area contributed by atoms with Crippen LogP contribution in [0, 0.1) is 6.92 Å². The number of hydrogen-bond acceptors (Lipinski definition) is 6. The monoisotopic (exact) mass is 405 g/mol. The zero-order chi connectivity index (χ0) is 19.2. The molecule has 27 heavy (non-hydrogen) atoms. The molecule has 0 aliphatic heterocycles. The number of benzene rings is 2. The lowest BCUT2D eigenvalue weighted by atomic mass is 10.2. The number of nitrogens with zero attached hydrogens (tertiary/aromatic N) is 1. The Balaban J connectivity index is 1.40. The Labute approximate surface area is 164 Å². The predicted octanol–water partition coefficient (Wildman–Crippen LogP) is 3.11. The largest absolute Gasteiger partial charge is 0.482 e. The Bertz CT molecular complexity index is 943. The molecule has 3 rings (SSSR count). The number of halogens is 1. The van der Waals surface area contributed by atoms with Crippen molar-refractivity contribution in [2.24, 2.45) is 0 Å². The number of oxazole rings is 1. The fraction of sp³-hybridized carbons (Fsp3) is 0.167. The summed E-state index contributed by atoms with van der Waals surface area (Å²) < 4.78 is 10.9. The quantitative estimate of drug-likeness (QED) is 0.483. The number of carbonyl (C=O) groups excluding carboxylic acids is 2. The molecule has 0 bridgehead atoms. The van der Waals surface area contributed by atoms with Crippen LogP contribution in [0.3, 0.4) is 0 Å². The van der Waals surface area contributed by atoms with Crippen LogP contribution in [0.15, 0.2) is 52.1 Å². The zero-order valence-corrected chi connectivity index (χ0v) is 15.9. The summed E-state index contributed by atoms with van der Waals surface area (Å²) in [5.41, 5.74) is 6.92. The second-order valence-electron chi connectivity index (χ2n) is 5.56. The minimum atomic E-state index is -0.507. The molecule has 140 valence electrons. The van der Waals surface area contributed by atoms with E-state index in [-0.39, 0.29) is 12.4 Å². The number of hydrogen-bond donors (Lipinski definition) is 2. The molecule has 2 aromatic carbocycles. The van der Waals surface area contributed by atoms with Crippen LogP contribution in [0.1, 0.15) is 5.56 Å². The molecular weight excluding hydrogens is 390 g/mol. The number of rotatable bonds is 6. The maximum absolute atomic E-state index is 11.8. The van der Waals surface area contributed by atoms with Crippen LogP contribution in [0.25, 0.3) is 11.1 Å². The van der Waals surface area contributed by atoms with Crippen molar-refractivity contribution < 1.29 is 18.7 Å². The molecule has 9 heteroatoms. The van der Waals surface area contributed by atoms with Gasteiger partial charge in [-0.1, -0.05) is 41.6 Å². The van der Waals surface area contributed by atoms with Gasteiger partial charge in [0.05, 0.1) is 10.8 Å². The van der Waals surface area contributed by atoms with E-state index >= 15 is 0 Å². The smallest absolute Gasteiger partial charge is 0.276 e. The highest BCUT2D eigenvalue weighted by Crippen LogP contribution is 2.25. The van der Waals surface area contributed by atoms with Gasteiger partial charge in [-0.2, -0.15) is 0 Å². The Hall–Kier alpha value is -2.71. The molecule has 0 spiro atoms. The highest BCUT2D eigenvalue weighted by Gasteiger charge is 2.11. The third-order valence-electron chi connectivity index (χ3n) is 3.39. The average Bonchev–Trinajstić information content (AvgIpc) is 3.08. The topological polar surface area (TPSA) is 93.5 Å². The molecule has 0 radical (unpaired) electrons. The van der Waals surface area contributed by atoms with Crippen molar-refractivity contribution in [3.63, 3.8) is 0 Å². The number of aryl methyl sites for hydroxylation is 1. The number of amides is 2. The lowest BCUT2D eigenvalue weighted by molar-refractivity contribution is -0.128. The molecule has 0 aliphatic rings. The van der Waals surface area contributed by atoms with E-state index in [4.69, 9.17) is 20.8 Å². The predicted molar refractivity (Wildman–Crippen MR) is 103 cm³/mol. The van der Waals surface area contributed by atoms with Crippen molar-refractivity contribution in [1.82, 2.24) is 15.8 Å². The highest BCUT2D eigenvalue weighted by atomic mass is 35.5. The highest BCUT2D eigenvalue weighted by molar-refractivity contribution is 7.99. The van der Waals surface area contributed by atoms with Crippen LogP contribution < -0.4 is 15.6 Å². The normalized spacial score (nSPS) is 10.6. The lowest BCUT2D eigenvalue weighted by Gasteiger charge is -2.10. The van der Waals surface area contributed by atoms with Gasteiger partial charge in [-0.05, 0) is 36.8 Å². The van der Waals surface area contributed by atoms with E-state index < -0.39 is 11.8 Å². The van der Waals surface area contributed by atoms with Crippen LogP contribution in [0.2, 0.25) is 5.02 Å². The van der Waals surface area contributed by atoms with Crippen LogP contribution in [0.5, 0.6) is 5.75 Å². The third kappa shape index (κ3) is 5.38. The summed E-state index contributed by atoms with van der Waals surface area (Å²) in [5, 5.41) is 0.794. The standard InChI is InChI=1S/C18H16ClN3O4S/c1-11-6-7-12(19)15(8-11)25-9-16(23)21-22-17(24)10-27-18-20-13-4-2-3-5-14(13)26-18/h2-8H,9-10H2,1H3,(H,21,23)(H,22,24). The van der Waals surface area contributed by atoms with E-state index in [9.17, 15) is 9.59 Å². The Kier molecular flexibility index (Phi) is 6.20. The van der Waals surface area contributed by atoms with E-state index in [0.29, 0.717) is 21.6 Å². The number of carbonyl (C=O) groups is 2. The summed E-state index contributed by atoms with van der Waals surface area (Å²) in [6.45, 7) is 1.61. The van der Waals surface area contributed by atoms with Crippen molar-refractivity contribution in [2.45, 2.75) is 12.1 Å². The van der Waals surface area contributed by atoms with Gasteiger partial charge < -0.3 is 9.15 Å². The van der Waals surface area contributed by atoms with E-state index in [1.54, 1.807) is 18.2 Å². The zero-order valence-electron chi connectivity index (χ0n) is 14.3. The van der Waals surface area contributed by atoms with Gasteiger partial charge in [0.1, 0.15) is 11.3 Å². The van der Waals surface area contributed by atoms with E-state index in [2.05, 4.69) is 15.8 Å². The van der Waals surface area contributed by atoms with Gasteiger partial charge in [0.15, 0.2) is 12.2 Å². The number of hydrazine groups is 1. The molecule has 1 heterocycles. The van der Waals surface area contributed by atoms with Crippen LogP contribution in [-0.2, 0) is 9.59 Å². The summed E-state index contributed by atoms with van der Waals surface area (Å²) >= 11 is 7.12. The van der Waals surface area contributed by atoms with Gasteiger partial charge in [-0.25, -0.2) is 4.98 Å². The van der Waals surface area contributed by atoms with E-state index in [1.165, 1.54) is 0 Å². The van der Waals surface area contributed by atoms with Crippen LogP contribution >= 0.6 is 23.4 Å². The fourth-order valence-electron chi connectivity index (χ4n) is 2.12. The Morgan fingerprint density at radius 3 is 2.78 bits per heavy atom. The van der Waals surface area contributed by atoms with Crippen molar-refractivity contribution in [3.8, 4) is 5.75 Å². The number of fused-ring (bicyclic) bond motifs is 1. The molecule has 0 saturated carbocycles. The summed E-state index contributed by atoms with van der Waals surface area (Å²) in [6, 6.07) is 12.6. The van der Waals surface area contributed by atoms with Gasteiger partial charge in [0.25, 0.3) is 11.1 Å². The summed E-state index contributed by atoms with van der Waals surface area (Å²) in [5.74, 6) is -0.459. The Morgan fingerprint density at radius 1 is 1.19 bits per heavy atom. The van der Waals surface area contributed by atoms with Crippen molar-refractivity contribution in [2.75, 3.05) is 12.4 Å². The SMILES string of the molecule is Cc1ccc(Cl)c(OCC(=O)NNC(=O)CSc2nc3ccccc3o2)c1. The molecule has 2 N–H and O–H groups in total. The first kappa shape index (κ1) is 19.1. The third-order valence-corrected chi connectivity index (χ3v) is 4.53. The van der Waals surface area contributed by atoms with E-state index in [1.807, 2.05) is 31.2 Å². The first-order valence-corrected chi connectivity index (χ1v) is 9.32. The molecular formula is C18H16ClN3O4S. The van der Waals surface area contributed by atoms with Crippen molar-refractivity contribution >= 4 is 46.3 Å². The maximum Gasteiger partial charge on any atom is 0.276 e. The average molecular weight is 406 g/mol. The molecule has 0 unspecified atom stereocenters. The minimum Gasteiger partial charge on any atom is -0.482 e.